The van der Waals surface area contributed by atoms with Gasteiger partial charge in [0.2, 0.25) is 0 Å². The molecular formula is C26H38O3S. The Morgan fingerprint density at radius 3 is 2.67 bits per heavy atom. The van der Waals surface area contributed by atoms with E-state index < -0.39 is 0 Å². The number of carbonyl (C=O) groups excluding carboxylic acids is 1. The Balaban J connectivity index is 1.62. The molecule has 2 fully saturated rings. The molecule has 3 aliphatic carbocycles. The molecule has 4 heteroatoms. The fourth-order valence-electron chi connectivity index (χ4n) is 7.87. The lowest BCUT2D eigenvalue weighted by Gasteiger charge is -2.61. The molecule has 4 rings (SSSR count). The van der Waals surface area contributed by atoms with Gasteiger partial charge in [-0.1, -0.05) is 34.1 Å². The van der Waals surface area contributed by atoms with E-state index in [9.17, 15) is 4.79 Å². The molecule has 166 valence electrons. The molecule has 30 heavy (non-hydrogen) atoms. The van der Waals surface area contributed by atoms with Crippen LogP contribution >= 0.6 is 11.8 Å². The SMILES string of the molecule is Cc1cc(OC(=O)CSCCO)cc2c1C1(C)CCC3C(C)(C)CCCC3(C)C1C2. The zero-order chi connectivity index (χ0) is 21.7. The van der Waals surface area contributed by atoms with E-state index in [1.807, 2.05) is 0 Å². The van der Waals surface area contributed by atoms with Crippen LogP contribution < -0.4 is 4.74 Å². The van der Waals surface area contributed by atoms with Crippen molar-refractivity contribution in [3.8, 4) is 5.75 Å². The standard InChI is InChI=1S/C26H38O3S/c1-17-13-19(29-22(28)16-30-12-11-27)14-18-15-21-25(4)9-6-8-24(2,3)20(25)7-10-26(21,5)23(17)18/h13-14,20-21,27H,6-12,15-16H2,1-5H3. The molecule has 0 bridgehead atoms. The average molecular weight is 431 g/mol. The summed E-state index contributed by atoms with van der Waals surface area (Å²) in [5.41, 5.74) is 5.27. The normalized spacial score (nSPS) is 34.1. The molecule has 0 radical (unpaired) electrons. The first-order chi connectivity index (χ1) is 14.1. The second-order valence-corrected chi connectivity index (χ2v) is 12.2. The van der Waals surface area contributed by atoms with Crippen LogP contribution in [0, 0.1) is 29.6 Å². The summed E-state index contributed by atoms with van der Waals surface area (Å²) in [4.78, 5) is 12.2. The number of aryl methyl sites for hydroxylation is 1. The summed E-state index contributed by atoms with van der Waals surface area (Å²) < 4.78 is 5.68. The second kappa shape index (κ2) is 7.85. The van der Waals surface area contributed by atoms with Crippen molar-refractivity contribution in [1.82, 2.24) is 0 Å². The van der Waals surface area contributed by atoms with Gasteiger partial charge in [0.25, 0.3) is 0 Å². The first kappa shape index (κ1) is 22.2. The number of hydrogen-bond acceptors (Lipinski definition) is 4. The maximum atomic E-state index is 12.2. The molecule has 1 N–H and O–H groups in total. The third-order valence-corrected chi connectivity index (χ3v) is 9.78. The molecular weight excluding hydrogens is 392 g/mol. The van der Waals surface area contributed by atoms with Crippen molar-refractivity contribution in [2.24, 2.45) is 22.7 Å². The van der Waals surface area contributed by atoms with Gasteiger partial charge in [0.05, 0.1) is 12.4 Å². The van der Waals surface area contributed by atoms with Crippen LogP contribution in [0.25, 0.3) is 0 Å². The maximum absolute atomic E-state index is 12.2. The minimum absolute atomic E-state index is 0.0897. The van der Waals surface area contributed by atoms with Crippen LogP contribution in [-0.2, 0) is 16.6 Å². The van der Waals surface area contributed by atoms with E-state index >= 15 is 0 Å². The zero-order valence-electron chi connectivity index (χ0n) is 19.3. The smallest absolute Gasteiger partial charge is 0.321 e. The number of esters is 1. The molecule has 2 saturated carbocycles. The molecule has 1 aromatic carbocycles. The summed E-state index contributed by atoms with van der Waals surface area (Å²) in [6.07, 6.45) is 7.76. The molecule has 3 aliphatic rings. The summed E-state index contributed by atoms with van der Waals surface area (Å²) in [5.74, 6) is 2.78. The first-order valence-electron chi connectivity index (χ1n) is 11.6. The molecule has 0 heterocycles. The van der Waals surface area contributed by atoms with Crippen LogP contribution in [0.2, 0.25) is 0 Å². The highest BCUT2D eigenvalue weighted by Crippen LogP contribution is 2.67. The van der Waals surface area contributed by atoms with Crippen molar-refractivity contribution in [2.75, 3.05) is 18.1 Å². The zero-order valence-corrected chi connectivity index (χ0v) is 20.2. The molecule has 1 aromatic rings. The summed E-state index contributed by atoms with van der Waals surface area (Å²) in [6, 6.07) is 4.22. The highest BCUT2D eigenvalue weighted by Gasteiger charge is 2.61. The molecule has 4 atom stereocenters. The Labute approximate surface area is 186 Å². The van der Waals surface area contributed by atoms with Crippen molar-refractivity contribution < 1.29 is 14.6 Å². The number of rotatable bonds is 5. The van der Waals surface area contributed by atoms with Crippen molar-refractivity contribution in [3.05, 3.63) is 28.8 Å². The van der Waals surface area contributed by atoms with Crippen molar-refractivity contribution in [1.29, 1.82) is 0 Å². The van der Waals surface area contributed by atoms with E-state index in [0.29, 0.717) is 28.3 Å². The van der Waals surface area contributed by atoms with E-state index in [2.05, 4.69) is 46.8 Å². The second-order valence-electron chi connectivity index (χ2n) is 11.1. The first-order valence-corrected chi connectivity index (χ1v) is 12.8. The van der Waals surface area contributed by atoms with Crippen LogP contribution in [0.15, 0.2) is 12.1 Å². The number of fused-ring (bicyclic) bond motifs is 5. The van der Waals surface area contributed by atoms with E-state index in [4.69, 9.17) is 9.84 Å². The van der Waals surface area contributed by atoms with Crippen LogP contribution in [0.3, 0.4) is 0 Å². The predicted octanol–water partition coefficient (Wildman–Crippen LogP) is 5.68. The summed E-state index contributed by atoms with van der Waals surface area (Å²) >= 11 is 1.41. The number of carbonyl (C=O) groups is 1. The minimum atomic E-state index is -0.226. The summed E-state index contributed by atoms with van der Waals surface area (Å²) in [7, 11) is 0. The fraction of sp³-hybridized carbons (Fsp3) is 0.731. The largest absolute Gasteiger partial charge is 0.426 e. The molecule has 0 saturated heterocycles. The van der Waals surface area contributed by atoms with Gasteiger partial charge in [-0.15, -0.1) is 11.8 Å². The van der Waals surface area contributed by atoms with Gasteiger partial charge in [-0.25, -0.2) is 0 Å². The number of benzene rings is 1. The van der Waals surface area contributed by atoms with Gasteiger partial charge in [-0.2, -0.15) is 0 Å². The van der Waals surface area contributed by atoms with Crippen LogP contribution in [-0.4, -0.2) is 29.2 Å². The quantitative estimate of drug-likeness (QED) is 0.371. The Morgan fingerprint density at radius 2 is 1.93 bits per heavy atom. The van der Waals surface area contributed by atoms with Crippen molar-refractivity contribution in [2.45, 2.75) is 78.6 Å². The monoisotopic (exact) mass is 430 g/mol. The number of aliphatic hydroxyl groups is 1. The lowest BCUT2D eigenvalue weighted by molar-refractivity contribution is -0.131. The topological polar surface area (TPSA) is 46.5 Å². The van der Waals surface area contributed by atoms with E-state index in [1.165, 1.54) is 60.6 Å². The van der Waals surface area contributed by atoms with Gasteiger partial charge in [0.15, 0.2) is 0 Å². The molecule has 0 amide bonds. The van der Waals surface area contributed by atoms with Gasteiger partial charge in [0, 0.05) is 5.75 Å². The minimum Gasteiger partial charge on any atom is -0.426 e. The van der Waals surface area contributed by atoms with Gasteiger partial charge >= 0.3 is 5.97 Å². The summed E-state index contributed by atoms with van der Waals surface area (Å²) in [5, 5.41) is 8.90. The number of thioether (sulfide) groups is 1. The van der Waals surface area contributed by atoms with E-state index in [0.717, 1.165) is 12.3 Å². The van der Waals surface area contributed by atoms with E-state index in [1.54, 1.807) is 0 Å². The van der Waals surface area contributed by atoms with Crippen LogP contribution in [0.1, 0.15) is 76.5 Å². The third-order valence-electron chi connectivity index (χ3n) is 8.87. The highest BCUT2D eigenvalue weighted by molar-refractivity contribution is 7.99. The van der Waals surface area contributed by atoms with Crippen LogP contribution in [0.5, 0.6) is 5.75 Å². The van der Waals surface area contributed by atoms with Crippen molar-refractivity contribution >= 4 is 17.7 Å². The lowest BCUT2D eigenvalue weighted by atomic mass is 9.43. The van der Waals surface area contributed by atoms with Crippen LogP contribution in [0.4, 0.5) is 0 Å². The van der Waals surface area contributed by atoms with Crippen molar-refractivity contribution in [3.63, 3.8) is 0 Å². The summed E-state index contributed by atoms with van der Waals surface area (Å²) in [6.45, 7) is 12.4. The lowest BCUT2D eigenvalue weighted by Crippen LogP contribution is -2.55. The predicted molar refractivity (Wildman–Crippen MR) is 124 cm³/mol. The number of ether oxygens (including phenoxy) is 1. The molecule has 0 spiro atoms. The molecule has 0 aliphatic heterocycles. The Bertz CT molecular complexity index is 832. The molecule has 3 nitrogen and oxygen atoms in total. The Hall–Kier alpha value is -1.00. The fourth-order valence-corrected chi connectivity index (χ4v) is 8.37. The average Bonchev–Trinajstić information content (AvgIpc) is 2.95. The Morgan fingerprint density at radius 1 is 1.17 bits per heavy atom. The number of hydrogen-bond donors (Lipinski definition) is 1. The third kappa shape index (κ3) is 3.52. The Kier molecular flexibility index (Phi) is 5.81. The van der Waals surface area contributed by atoms with E-state index in [-0.39, 0.29) is 23.7 Å². The number of aliphatic hydroxyl groups excluding tert-OH is 1. The molecule has 4 unspecified atom stereocenters. The van der Waals surface area contributed by atoms with Gasteiger partial charge in [-0.05, 0) is 95.9 Å². The van der Waals surface area contributed by atoms with Gasteiger partial charge in [-0.3, -0.25) is 4.79 Å². The maximum Gasteiger partial charge on any atom is 0.321 e. The highest BCUT2D eigenvalue weighted by atomic mass is 32.2. The molecule has 0 aromatic heterocycles. The van der Waals surface area contributed by atoms with Gasteiger partial charge in [0.1, 0.15) is 5.75 Å². The van der Waals surface area contributed by atoms with Gasteiger partial charge < -0.3 is 9.84 Å².